The average Bonchev–Trinajstić information content (AvgIpc) is 2.07. The van der Waals surface area contributed by atoms with Gasteiger partial charge >= 0.3 is 0 Å². The first-order valence-corrected chi connectivity index (χ1v) is 4.00. The molecule has 1 aromatic carbocycles. The highest BCUT2D eigenvalue weighted by Crippen LogP contribution is 2.19. The van der Waals surface area contributed by atoms with Crippen LogP contribution in [0.5, 0.6) is 5.75 Å². The molecule has 0 spiro atoms. The second-order valence-corrected chi connectivity index (χ2v) is 2.86. The molecule has 3 heteroatoms. The van der Waals surface area contributed by atoms with Gasteiger partial charge in [0, 0.05) is 0 Å². The molecule has 0 fully saturated rings. The third kappa shape index (κ3) is 2.47. The van der Waals surface area contributed by atoms with Gasteiger partial charge in [-0.1, -0.05) is 12.1 Å². The summed E-state index contributed by atoms with van der Waals surface area (Å²) in [6, 6.07) is 5.51. The second-order valence-electron chi connectivity index (χ2n) is 2.86. The van der Waals surface area contributed by atoms with Crippen molar-refractivity contribution in [1.82, 2.24) is 0 Å². The zero-order chi connectivity index (χ0) is 9.84. The number of ether oxygens (including phenoxy) is 1. The van der Waals surface area contributed by atoms with Crippen LogP contribution in [0.2, 0.25) is 0 Å². The Bertz CT molecular complexity index is 318. The molecule has 0 unspecified atom stereocenters. The molecule has 0 radical (unpaired) electrons. The summed E-state index contributed by atoms with van der Waals surface area (Å²) < 4.78 is 5.02. The summed E-state index contributed by atoms with van der Waals surface area (Å²) in [5, 5.41) is 10.1. The van der Waals surface area contributed by atoms with Crippen LogP contribution in [-0.4, -0.2) is 12.6 Å². The fourth-order valence-corrected chi connectivity index (χ4v) is 1.02. The van der Waals surface area contributed by atoms with Crippen LogP contribution in [0, 0.1) is 13.8 Å². The van der Waals surface area contributed by atoms with Gasteiger partial charge in [-0.15, -0.1) is 0 Å². The van der Waals surface area contributed by atoms with Crippen LogP contribution in [0.3, 0.4) is 0 Å². The van der Waals surface area contributed by atoms with Crippen molar-refractivity contribution in [2.45, 2.75) is 13.8 Å². The number of aliphatic carboxylic acids is 1. The van der Waals surface area contributed by atoms with Crippen molar-refractivity contribution >= 4 is 5.97 Å². The molecule has 13 heavy (non-hydrogen) atoms. The number of hydrogen-bond donors (Lipinski definition) is 0. The third-order valence-corrected chi connectivity index (χ3v) is 1.90. The van der Waals surface area contributed by atoms with E-state index in [0.29, 0.717) is 5.75 Å². The minimum absolute atomic E-state index is 0.399. The Morgan fingerprint density at radius 3 is 2.77 bits per heavy atom. The lowest BCUT2D eigenvalue weighted by atomic mass is 10.1. The molecule has 0 aromatic heterocycles. The Morgan fingerprint density at radius 1 is 1.46 bits per heavy atom. The van der Waals surface area contributed by atoms with Gasteiger partial charge in [-0.3, -0.25) is 0 Å². The topological polar surface area (TPSA) is 49.4 Å². The van der Waals surface area contributed by atoms with Crippen LogP contribution in [0.15, 0.2) is 18.2 Å². The number of aryl methyl sites for hydroxylation is 1. The van der Waals surface area contributed by atoms with E-state index in [9.17, 15) is 9.90 Å². The van der Waals surface area contributed by atoms with E-state index in [-0.39, 0.29) is 0 Å². The molecule has 0 amide bonds. The molecule has 0 aliphatic carbocycles. The van der Waals surface area contributed by atoms with Gasteiger partial charge in [-0.2, -0.15) is 0 Å². The molecular formula is C10H11O3-. The van der Waals surface area contributed by atoms with E-state index < -0.39 is 12.6 Å². The number of rotatable bonds is 3. The van der Waals surface area contributed by atoms with Gasteiger partial charge in [0.05, 0.1) is 5.97 Å². The summed E-state index contributed by atoms with van der Waals surface area (Å²) in [6.07, 6.45) is 0. The van der Waals surface area contributed by atoms with Crippen LogP contribution in [0.25, 0.3) is 0 Å². The molecule has 1 rings (SSSR count). The molecular weight excluding hydrogens is 168 g/mol. The molecule has 0 N–H and O–H groups in total. The number of carboxylic acids is 1. The Labute approximate surface area is 77.0 Å². The summed E-state index contributed by atoms with van der Waals surface area (Å²) in [5.41, 5.74) is 2.04. The maximum atomic E-state index is 10.1. The highest BCUT2D eigenvalue weighted by Gasteiger charge is 2.00. The highest BCUT2D eigenvalue weighted by atomic mass is 16.5. The van der Waals surface area contributed by atoms with E-state index in [4.69, 9.17) is 4.74 Å². The average molecular weight is 179 g/mol. The molecule has 0 heterocycles. The first-order chi connectivity index (χ1) is 6.11. The molecule has 0 saturated heterocycles. The van der Waals surface area contributed by atoms with Crippen molar-refractivity contribution in [2.24, 2.45) is 0 Å². The van der Waals surface area contributed by atoms with Gasteiger partial charge in [0.1, 0.15) is 12.4 Å². The fraction of sp³-hybridized carbons (Fsp3) is 0.300. The molecule has 0 bridgehead atoms. The minimum Gasteiger partial charge on any atom is -0.546 e. The molecule has 70 valence electrons. The van der Waals surface area contributed by atoms with Crippen LogP contribution in [0.1, 0.15) is 11.1 Å². The quantitative estimate of drug-likeness (QED) is 0.676. The zero-order valence-corrected chi connectivity index (χ0v) is 7.66. The number of carbonyl (C=O) groups excluding carboxylic acids is 1. The van der Waals surface area contributed by atoms with Crippen LogP contribution in [0.4, 0.5) is 0 Å². The molecule has 1 aromatic rings. The molecule has 3 nitrogen and oxygen atoms in total. The van der Waals surface area contributed by atoms with E-state index in [0.717, 1.165) is 11.1 Å². The number of hydrogen-bond acceptors (Lipinski definition) is 3. The normalized spacial score (nSPS) is 9.69. The van der Waals surface area contributed by atoms with Crippen molar-refractivity contribution in [3.05, 3.63) is 29.3 Å². The van der Waals surface area contributed by atoms with Crippen molar-refractivity contribution < 1.29 is 14.6 Å². The van der Waals surface area contributed by atoms with Gasteiger partial charge in [-0.05, 0) is 31.0 Å². The largest absolute Gasteiger partial charge is 0.546 e. The van der Waals surface area contributed by atoms with E-state index >= 15 is 0 Å². The van der Waals surface area contributed by atoms with Crippen molar-refractivity contribution in [2.75, 3.05) is 6.61 Å². The minimum atomic E-state index is -1.21. The van der Waals surface area contributed by atoms with E-state index in [1.165, 1.54) is 0 Å². The standard InChI is InChI=1S/C10H12O3/c1-7-4-3-5-9(8(7)2)13-6-10(11)12/h3-5H,6H2,1-2H3,(H,11,12)/p-1. The lowest BCUT2D eigenvalue weighted by Gasteiger charge is -2.10. The smallest absolute Gasteiger partial charge is 0.128 e. The third-order valence-electron chi connectivity index (χ3n) is 1.90. The maximum Gasteiger partial charge on any atom is 0.128 e. The van der Waals surface area contributed by atoms with Gasteiger partial charge in [0.2, 0.25) is 0 Å². The van der Waals surface area contributed by atoms with Crippen molar-refractivity contribution in [3.8, 4) is 5.75 Å². The number of benzene rings is 1. The Kier molecular flexibility index (Phi) is 2.90. The van der Waals surface area contributed by atoms with E-state index in [1.807, 2.05) is 26.0 Å². The Morgan fingerprint density at radius 2 is 2.15 bits per heavy atom. The van der Waals surface area contributed by atoms with Crippen LogP contribution in [-0.2, 0) is 4.79 Å². The summed E-state index contributed by atoms with van der Waals surface area (Å²) in [6.45, 7) is 3.44. The predicted molar refractivity (Wildman–Crippen MR) is 46.4 cm³/mol. The van der Waals surface area contributed by atoms with E-state index in [2.05, 4.69) is 0 Å². The van der Waals surface area contributed by atoms with Gasteiger partial charge in [0.25, 0.3) is 0 Å². The predicted octanol–water partition coefficient (Wildman–Crippen LogP) is 0.432. The zero-order valence-electron chi connectivity index (χ0n) is 7.66. The highest BCUT2D eigenvalue weighted by molar-refractivity contribution is 5.66. The number of carbonyl (C=O) groups is 1. The van der Waals surface area contributed by atoms with Crippen LogP contribution < -0.4 is 9.84 Å². The van der Waals surface area contributed by atoms with Crippen molar-refractivity contribution in [1.29, 1.82) is 0 Å². The monoisotopic (exact) mass is 179 g/mol. The summed E-state index contributed by atoms with van der Waals surface area (Å²) in [5.74, 6) is -0.606. The number of carboxylic acid groups (broad SMARTS) is 1. The lowest BCUT2D eigenvalue weighted by Crippen LogP contribution is -2.29. The summed E-state index contributed by atoms with van der Waals surface area (Å²) in [4.78, 5) is 10.1. The molecule has 0 atom stereocenters. The fourth-order valence-electron chi connectivity index (χ4n) is 1.02. The molecule has 0 saturated carbocycles. The van der Waals surface area contributed by atoms with Crippen LogP contribution >= 0.6 is 0 Å². The van der Waals surface area contributed by atoms with Gasteiger partial charge in [0.15, 0.2) is 0 Å². The molecule has 0 aliphatic heterocycles. The lowest BCUT2D eigenvalue weighted by molar-refractivity contribution is -0.307. The first kappa shape index (κ1) is 9.58. The van der Waals surface area contributed by atoms with Gasteiger partial charge in [-0.25, -0.2) is 0 Å². The Hall–Kier alpha value is -1.51. The summed E-state index contributed by atoms with van der Waals surface area (Å²) in [7, 11) is 0. The Balaban J connectivity index is 2.77. The molecule has 0 aliphatic rings. The van der Waals surface area contributed by atoms with E-state index in [1.54, 1.807) is 6.07 Å². The van der Waals surface area contributed by atoms with Gasteiger partial charge < -0.3 is 14.6 Å². The SMILES string of the molecule is Cc1cccc(OCC(=O)[O-])c1C. The second kappa shape index (κ2) is 3.94. The van der Waals surface area contributed by atoms with Crippen molar-refractivity contribution in [3.63, 3.8) is 0 Å². The first-order valence-electron chi connectivity index (χ1n) is 4.00. The summed E-state index contributed by atoms with van der Waals surface area (Å²) >= 11 is 0. The maximum absolute atomic E-state index is 10.1.